The molecule has 0 aromatic rings. The van der Waals surface area contributed by atoms with Gasteiger partial charge < -0.3 is 19.8 Å². The molecule has 8 nitrogen and oxygen atoms in total. The van der Waals surface area contributed by atoms with Gasteiger partial charge in [-0.25, -0.2) is 4.57 Å². The fourth-order valence-corrected chi connectivity index (χ4v) is 5.88. The van der Waals surface area contributed by atoms with E-state index in [0.717, 1.165) is 70.6 Å². The summed E-state index contributed by atoms with van der Waals surface area (Å²) < 4.78 is 23.4. The summed E-state index contributed by atoms with van der Waals surface area (Å²) in [6.07, 6.45) is 42.8. The van der Waals surface area contributed by atoms with Crippen LogP contribution < -0.4 is 5.32 Å². The number of nitrogens with zero attached hydrogens (tertiary/aromatic N) is 1. The van der Waals surface area contributed by atoms with Crippen molar-refractivity contribution < 1.29 is 32.9 Å². The lowest BCUT2D eigenvalue weighted by Crippen LogP contribution is -2.45. The molecule has 3 atom stereocenters. The summed E-state index contributed by atoms with van der Waals surface area (Å²) in [4.78, 5) is 23.0. The zero-order valence-electron chi connectivity index (χ0n) is 33.3. The molecule has 0 aliphatic carbocycles. The Balaban J connectivity index is 4.63. The summed E-state index contributed by atoms with van der Waals surface area (Å²) >= 11 is 0. The molecule has 1 amide bonds. The molecular formula is C42H78N2O6P+. The Hall–Kier alpha value is -1.80. The molecule has 0 saturated carbocycles. The molecule has 0 rings (SSSR count). The molecule has 9 heteroatoms. The van der Waals surface area contributed by atoms with Gasteiger partial charge in [0.2, 0.25) is 5.91 Å². The van der Waals surface area contributed by atoms with Gasteiger partial charge in [-0.2, -0.15) is 0 Å². The standard InChI is InChI=1S/C42H77N2O6P/c1-6-8-10-12-14-16-18-20-22-23-25-27-29-31-33-35-41(45)40(39-50-51(47,48)49-38-37-44(3,4)5)43-42(46)36-34-32-30-28-26-24-21-19-17-15-13-11-9-7-2/h13,15,18-21,25,27,33,35,40-41,45H,6-12,14,16-17,22-24,26,28-32,34,36-39H2,1-5H3,(H-,43,46,47,48)/p+1/b15-13-,20-18+,21-19-,27-25+,35-33+. The fourth-order valence-electron chi connectivity index (χ4n) is 5.14. The first kappa shape index (κ1) is 49.2. The van der Waals surface area contributed by atoms with Gasteiger partial charge in [0.1, 0.15) is 13.2 Å². The number of rotatable bonds is 35. The van der Waals surface area contributed by atoms with E-state index in [1.54, 1.807) is 6.08 Å². The molecule has 0 radical (unpaired) electrons. The van der Waals surface area contributed by atoms with Gasteiger partial charge in [-0.1, -0.05) is 132 Å². The molecule has 296 valence electrons. The Morgan fingerprint density at radius 3 is 1.75 bits per heavy atom. The number of hydrogen-bond donors (Lipinski definition) is 3. The van der Waals surface area contributed by atoms with Crippen LogP contribution in [0.3, 0.4) is 0 Å². The molecule has 0 aliphatic heterocycles. The Morgan fingerprint density at radius 2 is 1.16 bits per heavy atom. The number of hydrogen-bond acceptors (Lipinski definition) is 5. The summed E-state index contributed by atoms with van der Waals surface area (Å²) in [5.41, 5.74) is 0. The van der Waals surface area contributed by atoms with Crippen LogP contribution in [-0.4, -0.2) is 73.4 Å². The number of carbonyl (C=O) groups excluding carboxylic acids is 1. The first-order valence-corrected chi connectivity index (χ1v) is 21.7. The van der Waals surface area contributed by atoms with Crippen LogP contribution in [0, 0.1) is 0 Å². The van der Waals surface area contributed by atoms with Crippen molar-refractivity contribution in [2.75, 3.05) is 40.9 Å². The molecule has 0 spiro atoms. The van der Waals surface area contributed by atoms with Gasteiger partial charge in [-0.05, 0) is 70.6 Å². The van der Waals surface area contributed by atoms with E-state index in [4.69, 9.17) is 9.05 Å². The summed E-state index contributed by atoms with van der Waals surface area (Å²) in [6.45, 7) is 4.68. The molecule has 3 N–H and O–H groups in total. The fraction of sp³-hybridized carbons (Fsp3) is 0.738. The average molecular weight is 738 g/mol. The Labute approximate surface area is 313 Å². The Morgan fingerprint density at radius 1 is 0.667 bits per heavy atom. The Bertz CT molecular complexity index is 1020. The van der Waals surface area contributed by atoms with Gasteiger partial charge >= 0.3 is 7.82 Å². The number of carbonyl (C=O) groups is 1. The van der Waals surface area contributed by atoms with E-state index in [9.17, 15) is 19.4 Å². The van der Waals surface area contributed by atoms with Gasteiger partial charge in [-0.15, -0.1) is 0 Å². The average Bonchev–Trinajstić information content (AvgIpc) is 3.07. The minimum atomic E-state index is -4.35. The number of allylic oxidation sites excluding steroid dienone is 9. The number of aliphatic hydroxyl groups is 1. The van der Waals surface area contributed by atoms with Crippen molar-refractivity contribution in [1.82, 2.24) is 5.32 Å². The first-order valence-electron chi connectivity index (χ1n) is 20.2. The summed E-state index contributed by atoms with van der Waals surface area (Å²) in [7, 11) is 1.52. The maximum Gasteiger partial charge on any atom is 0.472 e. The zero-order chi connectivity index (χ0) is 37.9. The smallest absolute Gasteiger partial charge is 0.387 e. The molecule has 0 aromatic heterocycles. The second kappa shape index (κ2) is 34.0. The molecule has 0 fully saturated rings. The topological polar surface area (TPSA) is 105 Å². The molecule has 0 bridgehead atoms. The third-order valence-electron chi connectivity index (χ3n) is 8.44. The largest absolute Gasteiger partial charge is 0.472 e. The van der Waals surface area contributed by atoms with Crippen molar-refractivity contribution in [3.05, 3.63) is 60.8 Å². The number of aliphatic hydroxyl groups excluding tert-OH is 1. The monoisotopic (exact) mass is 738 g/mol. The van der Waals surface area contributed by atoms with Crippen molar-refractivity contribution in [3.63, 3.8) is 0 Å². The third-order valence-corrected chi connectivity index (χ3v) is 9.42. The van der Waals surface area contributed by atoms with Crippen LogP contribution in [0.4, 0.5) is 0 Å². The van der Waals surface area contributed by atoms with Crippen LogP contribution >= 0.6 is 7.82 Å². The van der Waals surface area contributed by atoms with E-state index in [-0.39, 0.29) is 19.1 Å². The van der Waals surface area contributed by atoms with Crippen molar-refractivity contribution >= 4 is 13.7 Å². The highest BCUT2D eigenvalue weighted by Gasteiger charge is 2.27. The number of amides is 1. The Kier molecular flexibility index (Phi) is 32.8. The van der Waals surface area contributed by atoms with Crippen LogP contribution in [0.25, 0.3) is 0 Å². The lowest BCUT2D eigenvalue weighted by Gasteiger charge is -2.25. The summed E-state index contributed by atoms with van der Waals surface area (Å²) in [5.74, 6) is -0.210. The second-order valence-electron chi connectivity index (χ2n) is 14.6. The van der Waals surface area contributed by atoms with E-state index >= 15 is 0 Å². The predicted molar refractivity (Wildman–Crippen MR) is 217 cm³/mol. The van der Waals surface area contributed by atoms with Gasteiger partial charge in [0.05, 0.1) is 39.9 Å². The van der Waals surface area contributed by atoms with Crippen molar-refractivity contribution in [3.8, 4) is 0 Å². The minimum absolute atomic E-state index is 0.0481. The highest BCUT2D eigenvalue weighted by molar-refractivity contribution is 7.47. The molecule has 0 aromatic carbocycles. The van der Waals surface area contributed by atoms with Gasteiger partial charge in [0.15, 0.2) is 0 Å². The minimum Gasteiger partial charge on any atom is -0.387 e. The SMILES string of the molecule is CCCC/C=C\C/C=C\CCCCCCCC(=O)NC(COP(=O)(O)OCC[N+](C)(C)C)C(O)/C=C/CC/C=C/CC/C=C/CCCCCCC. The summed E-state index contributed by atoms with van der Waals surface area (Å²) in [5, 5.41) is 13.7. The van der Waals surface area contributed by atoms with Crippen LogP contribution in [0.1, 0.15) is 149 Å². The van der Waals surface area contributed by atoms with Crippen molar-refractivity contribution in [2.24, 2.45) is 0 Å². The van der Waals surface area contributed by atoms with E-state index in [2.05, 4.69) is 67.8 Å². The number of likely N-dealkylation sites (N-methyl/N-ethyl adjacent to an activating group) is 1. The molecule has 51 heavy (non-hydrogen) atoms. The molecule has 0 heterocycles. The van der Waals surface area contributed by atoms with Gasteiger partial charge in [0, 0.05) is 6.42 Å². The lowest BCUT2D eigenvalue weighted by molar-refractivity contribution is -0.870. The van der Waals surface area contributed by atoms with Crippen LogP contribution in [0.5, 0.6) is 0 Å². The van der Waals surface area contributed by atoms with E-state index in [0.29, 0.717) is 17.4 Å². The highest BCUT2D eigenvalue weighted by atomic mass is 31.2. The number of unbranched alkanes of at least 4 members (excludes halogenated alkanes) is 14. The number of phosphoric ester groups is 1. The van der Waals surface area contributed by atoms with E-state index in [1.165, 1.54) is 57.8 Å². The van der Waals surface area contributed by atoms with Crippen LogP contribution in [-0.2, 0) is 18.4 Å². The molecule has 3 unspecified atom stereocenters. The lowest BCUT2D eigenvalue weighted by atomic mass is 10.1. The number of phosphoric acid groups is 1. The molecular weight excluding hydrogens is 659 g/mol. The second-order valence-corrected chi connectivity index (χ2v) is 16.1. The van der Waals surface area contributed by atoms with Gasteiger partial charge in [0.25, 0.3) is 0 Å². The molecule has 0 saturated heterocycles. The van der Waals surface area contributed by atoms with E-state index < -0.39 is 20.0 Å². The summed E-state index contributed by atoms with van der Waals surface area (Å²) in [6, 6.07) is -0.876. The van der Waals surface area contributed by atoms with Crippen molar-refractivity contribution in [1.29, 1.82) is 0 Å². The third kappa shape index (κ3) is 36.4. The maximum atomic E-state index is 12.8. The van der Waals surface area contributed by atoms with Gasteiger partial charge in [-0.3, -0.25) is 13.8 Å². The maximum absolute atomic E-state index is 12.8. The van der Waals surface area contributed by atoms with E-state index in [1.807, 2.05) is 27.2 Å². The predicted octanol–water partition coefficient (Wildman–Crippen LogP) is 10.7. The van der Waals surface area contributed by atoms with Crippen molar-refractivity contribution in [2.45, 2.75) is 161 Å². The number of quaternary nitrogens is 1. The normalized spacial score (nSPS) is 15.2. The number of nitrogens with one attached hydrogen (secondary N) is 1. The first-order chi connectivity index (χ1) is 24.5. The van der Waals surface area contributed by atoms with Crippen LogP contribution in [0.2, 0.25) is 0 Å². The zero-order valence-corrected chi connectivity index (χ0v) is 34.2. The quantitative estimate of drug-likeness (QED) is 0.0259. The molecule has 0 aliphatic rings. The highest BCUT2D eigenvalue weighted by Crippen LogP contribution is 2.43. The van der Waals surface area contributed by atoms with Crippen LogP contribution in [0.15, 0.2) is 60.8 Å².